The number of halogens is 2. The molecule has 0 spiro atoms. The quantitative estimate of drug-likeness (QED) is 0.756. The molecule has 0 radical (unpaired) electrons. The van der Waals surface area contributed by atoms with Gasteiger partial charge in [-0.15, -0.1) is 12.4 Å². The van der Waals surface area contributed by atoms with E-state index in [1.165, 1.54) is 6.92 Å². The van der Waals surface area contributed by atoms with E-state index in [0.717, 1.165) is 17.6 Å². The lowest BCUT2D eigenvalue weighted by molar-refractivity contribution is -0.121. The van der Waals surface area contributed by atoms with E-state index in [0.29, 0.717) is 17.3 Å². The average Bonchev–Trinajstić information content (AvgIpc) is 2.29. The van der Waals surface area contributed by atoms with Gasteiger partial charge in [-0.3, -0.25) is 9.59 Å². The number of nitrogens with one attached hydrogen (secondary N) is 3. The number of hydrogen-bond acceptors (Lipinski definition) is 3. The summed E-state index contributed by atoms with van der Waals surface area (Å²) in [5.41, 5.74) is 1.21. The molecule has 7 heteroatoms. The first-order valence-corrected chi connectivity index (χ1v) is 7.35. The van der Waals surface area contributed by atoms with Crippen LogP contribution in [0.5, 0.6) is 0 Å². The topological polar surface area (TPSA) is 70.2 Å². The summed E-state index contributed by atoms with van der Waals surface area (Å²) in [6.45, 7) is 5.13. The standard InChI is InChI=1S/C14H18BrN3O2.ClH/c1-8(10-6-16-7-10)14(20)18-13-5-11(15)3-4-12(13)17-9(2)19;/h3-5,8,10,16H,6-7H2,1-2H3,(H,17,19)(H,18,20);1H. The van der Waals surface area contributed by atoms with Gasteiger partial charge in [0.25, 0.3) is 0 Å². The predicted molar refractivity (Wildman–Crippen MR) is 89.8 cm³/mol. The van der Waals surface area contributed by atoms with Crippen molar-refractivity contribution in [3.05, 3.63) is 22.7 Å². The van der Waals surface area contributed by atoms with Gasteiger partial charge >= 0.3 is 0 Å². The molecule has 1 atom stereocenters. The van der Waals surface area contributed by atoms with Crippen molar-refractivity contribution in [3.8, 4) is 0 Å². The zero-order valence-electron chi connectivity index (χ0n) is 11.9. The van der Waals surface area contributed by atoms with E-state index in [-0.39, 0.29) is 30.1 Å². The molecule has 0 saturated carbocycles. The van der Waals surface area contributed by atoms with Crippen LogP contribution in [0.2, 0.25) is 0 Å². The monoisotopic (exact) mass is 375 g/mol. The van der Waals surface area contributed by atoms with Gasteiger partial charge in [0.2, 0.25) is 11.8 Å². The highest BCUT2D eigenvalue weighted by Crippen LogP contribution is 2.27. The van der Waals surface area contributed by atoms with Crippen molar-refractivity contribution < 1.29 is 9.59 Å². The third kappa shape index (κ3) is 4.69. The molecule has 1 aromatic rings. The number of anilines is 2. The fourth-order valence-electron chi connectivity index (χ4n) is 2.04. The van der Waals surface area contributed by atoms with Crippen LogP contribution in [0, 0.1) is 11.8 Å². The molecule has 2 rings (SSSR count). The molecule has 0 aromatic heterocycles. The number of carbonyl (C=O) groups excluding carboxylic acids is 2. The van der Waals surface area contributed by atoms with Crippen molar-refractivity contribution in [2.24, 2.45) is 11.8 Å². The molecule has 1 aromatic carbocycles. The summed E-state index contributed by atoms with van der Waals surface area (Å²) in [6.07, 6.45) is 0. The third-order valence-corrected chi connectivity index (χ3v) is 3.98. The predicted octanol–water partition coefficient (Wildman–Crippen LogP) is 2.62. The second kappa shape index (κ2) is 7.77. The van der Waals surface area contributed by atoms with Crippen LogP contribution in [-0.2, 0) is 9.59 Å². The summed E-state index contributed by atoms with van der Waals surface area (Å²) < 4.78 is 0.847. The second-order valence-corrected chi connectivity index (χ2v) is 5.98. The van der Waals surface area contributed by atoms with Crippen molar-refractivity contribution in [2.75, 3.05) is 23.7 Å². The minimum absolute atomic E-state index is 0. The molecule has 1 heterocycles. The summed E-state index contributed by atoms with van der Waals surface area (Å²) in [7, 11) is 0. The van der Waals surface area contributed by atoms with E-state index in [4.69, 9.17) is 0 Å². The minimum atomic E-state index is -0.168. The summed E-state index contributed by atoms with van der Waals surface area (Å²) in [5.74, 6) is 0.132. The molecular weight excluding hydrogens is 358 g/mol. The molecule has 2 amide bonds. The fourth-order valence-corrected chi connectivity index (χ4v) is 2.40. The lowest BCUT2D eigenvalue weighted by Crippen LogP contribution is -2.48. The minimum Gasteiger partial charge on any atom is -0.325 e. The average molecular weight is 377 g/mol. The van der Waals surface area contributed by atoms with E-state index in [2.05, 4.69) is 31.9 Å². The van der Waals surface area contributed by atoms with Crippen LogP contribution in [0.15, 0.2) is 22.7 Å². The normalized spacial score (nSPS) is 15.4. The van der Waals surface area contributed by atoms with Gasteiger partial charge in [0.15, 0.2) is 0 Å². The highest BCUT2D eigenvalue weighted by molar-refractivity contribution is 9.10. The number of benzene rings is 1. The van der Waals surface area contributed by atoms with Crippen molar-refractivity contribution in [3.63, 3.8) is 0 Å². The third-order valence-electron chi connectivity index (χ3n) is 3.48. The largest absolute Gasteiger partial charge is 0.325 e. The van der Waals surface area contributed by atoms with E-state index >= 15 is 0 Å². The molecule has 116 valence electrons. The van der Waals surface area contributed by atoms with E-state index in [1.54, 1.807) is 12.1 Å². The molecule has 3 N–H and O–H groups in total. The van der Waals surface area contributed by atoms with Crippen molar-refractivity contribution in [1.82, 2.24) is 5.32 Å². The Morgan fingerprint density at radius 3 is 2.48 bits per heavy atom. The zero-order valence-corrected chi connectivity index (χ0v) is 14.3. The summed E-state index contributed by atoms with van der Waals surface area (Å²) in [4.78, 5) is 23.4. The molecule has 5 nitrogen and oxygen atoms in total. The van der Waals surface area contributed by atoms with Crippen molar-refractivity contribution in [2.45, 2.75) is 13.8 Å². The molecule has 1 aliphatic rings. The smallest absolute Gasteiger partial charge is 0.227 e. The summed E-state index contributed by atoms with van der Waals surface area (Å²) in [6, 6.07) is 5.37. The Hall–Kier alpha value is -1.11. The van der Waals surface area contributed by atoms with Crippen LogP contribution in [-0.4, -0.2) is 24.9 Å². The van der Waals surface area contributed by atoms with Crippen LogP contribution < -0.4 is 16.0 Å². The second-order valence-electron chi connectivity index (χ2n) is 5.07. The molecular formula is C14H19BrClN3O2. The molecule has 0 bridgehead atoms. The van der Waals surface area contributed by atoms with E-state index < -0.39 is 0 Å². The van der Waals surface area contributed by atoms with E-state index in [1.807, 2.05) is 13.0 Å². The summed E-state index contributed by atoms with van der Waals surface area (Å²) in [5, 5.41) is 8.77. The van der Waals surface area contributed by atoms with Gasteiger partial charge in [-0.1, -0.05) is 22.9 Å². The molecule has 1 fully saturated rings. The van der Waals surface area contributed by atoms with Gasteiger partial charge in [-0.25, -0.2) is 0 Å². The fraction of sp³-hybridized carbons (Fsp3) is 0.429. The Balaban J connectivity index is 0.00000220. The van der Waals surface area contributed by atoms with Crippen molar-refractivity contribution >= 4 is 51.5 Å². The lowest BCUT2D eigenvalue weighted by Gasteiger charge is -2.31. The van der Waals surface area contributed by atoms with Crippen molar-refractivity contribution in [1.29, 1.82) is 0 Å². The molecule has 1 saturated heterocycles. The Morgan fingerprint density at radius 2 is 1.95 bits per heavy atom. The van der Waals surface area contributed by atoms with Gasteiger partial charge in [0, 0.05) is 17.3 Å². The Bertz CT molecular complexity index is 535. The SMILES string of the molecule is CC(=O)Nc1ccc(Br)cc1NC(=O)C(C)C1CNC1.Cl. The summed E-state index contributed by atoms with van der Waals surface area (Å²) >= 11 is 3.37. The van der Waals surface area contributed by atoms with Gasteiger partial charge < -0.3 is 16.0 Å². The van der Waals surface area contributed by atoms with Crippen LogP contribution in [0.4, 0.5) is 11.4 Å². The molecule has 0 aliphatic carbocycles. The Labute approximate surface area is 138 Å². The van der Waals surface area contributed by atoms with Crippen LogP contribution in [0.1, 0.15) is 13.8 Å². The number of amides is 2. The van der Waals surface area contributed by atoms with Crippen LogP contribution in [0.3, 0.4) is 0 Å². The van der Waals surface area contributed by atoms with Gasteiger partial charge in [0.1, 0.15) is 0 Å². The number of rotatable bonds is 4. The Morgan fingerprint density at radius 1 is 1.29 bits per heavy atom. The first-order valence-electron chi connectivity index (χ1n) is 6.56. The van der Waals surface area contributed by atoms with Gasteiger partial charge in [-0.2, -0.15) is 0 Å². The van der Waals surface area contributed by atoms with Gasteiger partial charge in [-0.05, 0) is 37.2 Å². The highest BCUT2D eigenvalue weighted by atomic mass is 79.9. The van der Waals surface area contributed by atoms with Crippen LogP contribution in [0.25, 0.3) is 0 Å². The first kappa shape index (κ1) is 17.9. The van der Waals surface area contributed by atoms with E-state index in [9.17, 15) is 9.59 Å². The maximum atomic E-state index is 12.2. The molecule has 1 unspecified atom stereocenters. The first-order chi connectivity index (χ1) is 9.47. The lowest BCUT2D eigenvalue weighted by atomic mass is 9.88. The van der Waals surface area contributed by atoms with Crippen LogP contribution >= 0.6 is 28.3 Å². The maximum Gasteiger partial charge on any atom is 0.227 e. The Kier molecular flexibility index (Phi) is 6.64. The highest BCUT2D eigenvalue weighted by Gasteiger charge is 2.29. The number of hydrogen-bond donors (Lipinski definition) is 3. The number of carbonyl (C=O) groups is 2. The van der Waals surface area contributed by atoms with Gasteiger partial charge in [0.05, 0.1) is 11.4 Å². The zero-order chi connectivity index (χ0) is 14.7. The maximum absolute atomic E-state index is 12.2. The molecule has 21 heavy (non-hydrogen) atoms. The molecule has 1 aliphatic heterocycles.